The molecule has 0 saturated carbocycles. The molecule has 0 fully saturated rings. The zero-order valence-corrected chi connectivity index (χ0v) is 12.2. The summed E-state index contributed by atoms with van der Waals surface area (Å²) in [7, 11) is 6.93. The second-order valence-electron chi connectivity index (χ2n) is 5.09. The van der Waals surface area contributed by atoms with Crippen molar-refractivity contribution in [2.45, 2.75) is 31.2 Å². The lowest BCUT2D eigenvalue weighted by Crippen LogP contribution is -2.48. The van der Waals surface area contributed by atoms with Crippen LogP contribution in [0.5, 0.6) is 0 Å². The predicted octanol–water partition coefficient (Wildman–Crippen LogP) is 1.95. The maximum atomic E-state index is 5.72. The molecule has 0 saturated heterocycles. The fraction of sp³-hybridized carbons (Fsp3) is 0.733. The van der Waals surface area contributed by atoms with Crippen molar-refractivity contribution < 1.29 is 18.9 Å². The van der Waals surface area contributed by atoms with Crippen molar-refractivity contribution in [2.24, 2.45) is 5.92 Å². The summed E-state index contributed by atoms with van der Waals surface area (Å²) in [5.41, 5.74) is 2.80. The van der Waals surface area contributed by atoms with Gasteiger partial charge in [0.15, 0.2) is 0 Å². The minimum absolute atomic E-state index is 0.00204. The molecule has 0 amide bonds. The monoisotopic (exact) mass is 268 g/mol. The molecule has 0 heterocycles. The Labute approximate surface area is 115 Å². The van der Waals surface area contributed by atoms with Crippen LogP contribution in [0.15, 0.2) is 23.3 Å². The van der Waals surface area contributed by atoms with Gasteiger partial charge in [0.1, 0.15) is 0 Å². The van der Waals surface area contributed by atoms with Crippen molar-refractivity contribution in [1.29, 1.82) is 0 Å². The molecule has 0 spiro atoms. The molecule has 2 aliphatic rings. The van der Waals surface area contributed by atoms with Gasteiger partial charge in [-0.3, -0.25) is 0 Å². The molecule has 0 aliphatic heterocycles. The van der Waals surface area contributed by atoms with E-state index < -0.39 is 0 Å². The Bertz CT molecular complexity index is 361. The summed E-state index contributed by atoms with van der Waals surface area (Å²) >= 11 is 0. The van der Waals surface area contributed by atoms with Crippen molar-refractivity contribution in [2.75, 3.05) is 35.0 Å². The van der Waals surface area contributed by atoms with Gasteiger partial charge in [0.25, 0.3) is 0 Å². The van der Waals surface area contributed by atoms with Crippen LogP contribution in [0.3, 0.4) is 0 Å². The minimum Gasteiger partial charge on any atom is -0.382 e. The average molecular weight is 268 g/mol. The lowest BCUT2D eigenvalue weighted by Gasteiger charge is -2.41. The smallest absolute Gasteiger partial charge is 0.0927 e. The van der Waals surface area contributed by atoms with E-state index >= 15 is 0 Å². The van der Waals surface area contributed by atoms with E-state index in [4.69, 9.17) is 18.9 Å². The molecule has 4 atom stereocenters. The molecule has 0 N–H and O–H groups in total. The molecular formula is C15H24O4. The second-order valence-corrected chi connectivity index (χ2v) is 5.09. The summed E-state index contributed by atoms with van der Waals surface area (Å²) < 4.78 is 22.3. The van der Waals surface area contributed by atoms with Gasteiger partial charge in [-0.05, 0) is 12.0 Å². The van der Waals surface area contributed by atoms with Crippen LogP contribution in [0, 0.1) is 5.92 Å². The van der Waals surface area contributed by atoms with Gasteiger partial charge in [-0.2, -0.15) is 0 Å². The van der Waals surface area contributed by atoms with E-state index in [1.807, 2.05) is 0 Å². The highest BCUT2D eigenvalue weighted by atomic mass is 16.5. The first kappa shape index (κ1) is 14.7. The zero-order valence-electron chi connectivity index (χ0n) is 12.2. The summed E-state index contributed by atoms with van der Waals surface area (Å²) in [6.45, 7) is 0.564. The van der Waals surface area contributed by atoms with E-state index in [2.05, 4.69) is 12.2 Å². The molecule has 4 nitrogen and oxygen atoms in total. The molecule has 108 valence electrons. The molecule has 0 unspecified atom stereocenters. The standard InChI is InChI=1S/C15H24O4/c1-16-9-13(18-3)14-11-7-5-6-10(11)8-12(17-2)15(14)19-4/h5-6,12-15H,7-9H2,1-4H3/t12-,13-,14+,15-/m1/s1. The summed E-state index contributed by atoms with van der Waals surface area (Å²) in [4.78, 5) is 0. The van der Waals surface area contributed by atoms with Crippen molar-refractivity contribution >= 4 is 0 Å². The van der Waals surface area contributed by atoms with Crippen LogP contribution >= 0.6 is 0 Å². The molecule has 4 heteroatoms. The Morgan fingerprint density at radius 1 is 1.21 bits per heavy atom. The largest absolute Gasteiger partial charge is 0.382 e. The molecule has 2 aliphatic carbocycles. The highest BCUT2D eigenvalue weighted by molar-refractivity contribution is 5.39. The minimum atomic E-state index is -0.00204. The van der Waals surface area contributed by atoms with Crippen molar-refractivity contribution in [1.82, 2.24) is 0 Å². The summed E-state index contributed by atoms with van der Waals surface area (Å²) in [5, 5.41) is 0. The third-order valence-electron chi connectivity index (χ3n) is 4.22. The van der Waals surface area contributed by atoms with Crippen LogP contribution in [-0.2, 0) is 18.9 Å². The predicted molar refractivity (Wildman–Crippen MR) is 73.2 cm³/mol. The van der Waals surface area contributed by atoms with Crippen LogP contribution in [-0.4, -0.2) is 53.4 Å². The fourth-order valence-electron chi connectivity index (χ4n) is 3.31. The molecule has 0 aromatic rings. The van der Waals surface area contributed by atoms with Crippen LogP contribution in [0.2, 0.25) is 0 Å². The van der Waals surface area contributed by atoms with Crippen LogP contribution < -0.4 is 0 Å². The lowest BCUT2D eigenvalue weighted by atomic mass is 9.76. The third kappa shape index (κ3) is 2.77. The maximum absolute atomic E-state index is 5.72. The Balaban J connectivity index is 2.30. The van der Waals surface area contributed by atoms with Gasteiger partial charge in [0.05, 0.1) is 24.9 Å². The first-order chi connectivity index (χ1) is 9.26. The van der Waals surface area contributed by atoms with E-state index in [1.165, 1.54) is 11.1 Å². The molecule has 19 heavy (non-hydrogen) atoms. The van der Waals surface area contributed by atoms with Gasteiger partial charge >= 0.3 is 0 Å². The summed E-state index contributed by atoms with van der Waals surface area (Å²) in [6.07, 6.45) is 6.41. The van der Waals surface area contributed by atoms with Gasteiger partial charge < -0.3 is 18.9 Å². The van der Waals surface area contributed by atoms with Crippen molar-refractivity contribution in [3.63, 3.8) is 0 Å². The van der Waals surface area contributed by atoms with Gasteiger partial charge in [0, 0.05) is 40.8 Å². The maximum Gasteiger partial charge on any atom is 0.0927 e. The normalized spacial score (nSPS) is 31.7. The Hall–Kier alpha value is -0.680. The SMILES string of the molecule is COC[C@@H](OC)[C@@H]1C2=C(C=CC2)C[C@@H](OC)[C@H]1OC. The first-order valence-electron chi connectivity index (χ1n) is 6.72. The second kappa shape index (κ2) is 6.66. The van der Waals surface area contributed by atoms with E-state index in [0.29, 0.717) is 6.61 Å². The summed E-state index contributed by atoms with van der Waals surface area (Å²) in [6, 6.07) is 0. The first-order valence-corrected chi connectivity index (χ1v) is 6.72. The number of hydrogen-bond acceptors (Lipinski definition) is 4. The molecule has 0 radical (unpaired) electrons. The molecular weight excluding hydrogens is 244 g/mol. The number of allylic oxidation sites excluding steroid dienone is 2. The molecule has 0 aromatic carbocycles. The molecule has 0 aromatic heterocycles. The molecule has 0 bridgehead atoms. The van der Waals surface area contributed by atoms with E-state index in [9.17, 15) is 0 Å². The zero-order chi connectivity index (χ0) is 13.8. The summed E-state index contributed by atoms with van der Waals surface area (Å²) in [5.74, 6) is 0.193. The fourth-order valence-corrected chi connectivity index (χ4v) is 3.31. The Morgan fingerprint density at radius 3 is 2.58 bits per heavy atom. The van der Waals surface area contributed by atoms with E-state index in [-0.39, 0.29) is 24.2 Å². The van der Waals surface area contributed by atoms with E-state index in [0.717, 1.165) is 12.8 Å². The highest BCUT2D eigenvalue weighted by Crippen LogP contribution is 2.41. The van der Waals surface area contributed by atoms with Gasteiger partial charge in [-0.25, -0.2) is 0 Å². The van der Waals surface area contributed by atoms with Gasteiger partial charge in [0.2, 0.25) is 0 Å². The number of hydrogen-bond donors (Lipinski definition) is 0. The van der Waals surface area contributed by atoms with Crippen molar-refractivity contribution in [3.8, 4) is 0 Å². The van der Waals surface area contributed by atoms with Gasteiger partial charge in [-0.15, -0.1) is 0 Å². The Morgan fingerprint density at radius 2 is 2.00 bits per heavy atom. The third-order valence-corrected chi connectivity index (χ3v) is 4.22. The van der Waals surface area contributed by atoms with E-state index in [1.54, 1.807) is 28.4 Å². The van der Waals surface area contributed by atoms with Crippen LogP contribution in [0.1, 0.15) is 12.8 Å². The average Bonchev–Trinajstić information content (AvgIpc) is 2.90. The molecule has 2 rings (SSSR count). The van der Waals surface area contributed by atoms with Crippen LogP contribution in [0.25, 0.3) is 0 Å². The van der Waals surface area contributed by atoms with Gasteiger partial charge in [-0.1, -0.05) is 17.7 Å². The van der Waals surface area contributed by atoms with Crippen LogP contribution in [0.4, 0.5) is 0 Å². The quantitative estimate of drug-likeness (QED) is 0.738. The van der Waals surface area contributed by atoms with Crippen molar-refractivity contribution in [3.05, 3.63) is 23.3 Å². The lowest BCUT2D eigenvalue weighted by molar-refractivity contribution is -0.107. The topological polar surface area (TPSA) is 36.9 Å². The number of rotatable bonds is 6. The Kier molecular flexibility index (Phi) is 5.16. The highest BCUT2D eigenvalue weighted by Gasteiger charge is 2.43. The number of methoxy groups -OCH3 is 4. The number of ether oxygens (including phenoxy) is 4.